The van der Waals surface area contributed by atoms with E-state index >= 15 is 0 Å². The van der Waals surface area contributed by atoms with Crippen LogP contribution in [0.15, 0.2) is 24.3 Å². The van der Waals surface area contributed by atoms with Crippen LogP contribution < -0.4 is 11.1 Å². The van der Waals surface area contributed by atoms with Crippen LogP contribution in [0.4, 0.5) is 10.1 Å². The molecule has 0 fully saturated rings. The number of amides is 1. The summed E-state index contributed by atoms with van der Waals surface area (Å²) in [6.07, 6.45) is 2.20. The van der Waals surface area contributed by atoms with E-state index in [1.165, 1.54) is 16.9 Å². The van der Waals surface area contributed by atoms with Gasteiger partial charge in [0.05, 0.1) is 0 Å². The van der Waals surface area contributed by atoms with Gasteiger partial charge in [0, 0.05) is 11.5 Å². The van der Waals surface area contributed by atoms with Crippen LogP contribution >= 0.6 is 11.3 Å². The molecule has 2 rings (SSSR count). The molecule has 2 aromatic rings. The van der Waals surface area contributed by atoms with E-state index in [1.807, 2.05) is 26.0 Å². The summed E-state index contributed by atoms with van der Waals surface area (Å²) in [7, 11) is 0. The normalized spacial score (nSPS) is 10.9. The first-order valence-electron chi connectivity index (χ1n) is 7.17. The van der Waals surface area contributed by atoms with Gasteiger partial charge in [0.25, 0.3) is 0 Å². The van der Waals surface area contributed by atoms with Crippen LogP contribution in [0.1, 0.15) is 32.8 Å². The van der Waals surface area contributed by atoms with Crippen LogP contribution in [-0.4, -0.2) is 10.9 Å². The van der Waals surface area contributed by atoms with Crippen molar-refractivity contribution in [3.05, 3.63) is 29.8 Å². The monoisotopic (exact) mass is 303 g/mol. The number of rotatable bonds is 5. The van der Waals surface area contributed by atoms with E-state index in [4.69, 9.17) is 5.73 Å². The van der Waals surface area contributed by atoms with Crippen LogP contribution in [0.2, 0.25) is 0 Å². The van der Waals surface area contributed by atoms with Crippen molar-refractivity contribution in [1.29, 1.82) is 0 Å². The topological polar surface area (TPSA) is 68.0 Å². The van der Waals surface area contributed by atoms with Crippen molar-refractivity contribution in [2.75, 3.05) is 11.1 Å². The van der Waals surface area contributed by atoms with Gasteiger partial charge in [-0.25, -0.2) is 4.98 Å². The minimum Gasteiger partial charge on any atom is -0.389 e. The number of nitrogens with one attached hydrogen (secondary N) is 1. The lowest BCUT2D eigenvalue weighted by atomic mass is 10.1. The molecule has 0 saturated carbocycles. The third-order valence-electron chi connectivity index (χ3n) is 3.17. The van der Waals surface area contributed by atoms with Crippen molar-refractivity contribution in [3.63, 3.8) is 0 Å². The lowest BCUT2D eigenvalue weighted by Gasteiger charge is -2.03. The van der Waals surface area contributed by atoms with Gasteiger partial charge in [-0.15, -0.1) is 0 Å². The van der Waals surface area contributed by atoms with Gasteiger partial charge in [0.2, 0.25) is 5.91 Å². The molecule has 0 aliphatic rings. The van der Waals surface area contributed by atoms with E-state index in [-0.39, 0.29) is 11.8 Å². The second-order valence-corrected chi connectivity index (χ2v) is 6.35. The molecule has 3 N–H and O–H groups in total. The number of aryl methyl sites for hydroxylation is 1. The van der Waals surface area contributed by atoms with E-state index in [9.17, 15) is 4.79 Å². The smallest absolute Gasteiger partial charge is 0.228 e. The molecular formula is C16H21N3OS. The third kappa shape index (κ3) is 3.82. The summed E-state index contributed by atoms with van der Waals surface area (Å²) in [5.74, 6) is -0.125. The summed E-state index contributed by atoms with van der Waals surface area (Å²) in [5, 5.41) is 3.97. The predicted octanol–water partition coefficient (Wildman–Crippen LogP) is 3.94. The number of anilines is 2. The Kier molecular flexibility index (Phi) is 4.96. The highest BCUT2D eigenvalue weighted by Gasteiger charge is 2.14. The molecule has 5 heteroatoms. The summed E-state index contributed by atoms with van der Waals surface area (Å²) >= 11 is 1.30. The Bertz CT molecular complexity index is 617. The molecule has 0 spiro atoms. The molecule has 0 saturated heterocycles. The molecule has 112 valence electrons. The number of hydrogen-bond donors (Lipinski definition) is 2. The summed E-state index contributed by atoms with van der Waals surface area (Å²) in [5.41, 5.74) is 9.05. The molecule has 1 aromatic heterocycles. The van der Waals surface area contributed by atoms with Crippen molar-refractivity contribution in [1.82, 2.24) is 4.98 Å². The maximum absolute atomic E-state index is 11.7. The summed E-state index contributed by atoms with van der Waals surface area (Å²) in [4.78, 5) is 16.1. The Morgan fingerprint density at radius 2 is 2.00 bits per heavy atom. The second-order valence-electron chi connectivity index (χ2n) is 5.32. The average molecular weight is 303 g/mol. The van der Waals surface area contributed by atoms with Gasteiger partial charge in [-0.2, -0.15) is 0 Å². The minimum atomic E-state index is -0.0769. The molecule has 0 radical (unpaired) electrons. The fourth-order valence-electron chi connectivity index (χ4n) is 1.96. The van der Waals surface area contributed by atoms with Gasteiger partial charge >= 0.3 is 0 Å². The molecule has 0 atom stereocenters. The molecule has 0 aliphatic heterocycles. The Morgan fingerprint density at radius 3 is 2.57 bits per heavy atom. The third-order valence-corrected chi connectivity index (χ3v) is 3.97. The van der Waals surface area contributed by atoms with Gasteiger partial charge in [-0.05, 0) is 12.0 Å². The molecule has 0 unspecified atom stereocenters. The van der Waals surface area contributed by atoms with Gasteiger partial charge in [0.1, 0.15) is 10.7 Å². The maximum Gasteiger partial charge on any atom is 0.228 e. The number of carbonyl (C=O) groups is 1. The van der Waals surface area contributed by atoms with Crippen LogP contribution in [0, 0.1) is 5.92 Å². The van der Waals surface area contributed by atoms with Crippen LogP contribution in [-0.2, 0) is 11.2 Å². The number of thiazole rings is 1. The van der Waals surface area contributed by atoms with Crippen molar-refractivity contribution < 1.29 is 4.79 Å². The zero-order valence-electron chi connectivity index (χ0n) is 12.6. The standard InChI is InChI=1S/C16H21N3OS/c1-4-5-11-6-8-12(9-7-11)13-14(17)21-16(18-13)19-15(20)10(2)3/h6-10H,4-5,17H2,1-3H3,(H,18,19,20). The Hall–Kier alpha value is -1.88. The van der Waals surface area contributed by atoms with Gasteiger partial charge in [0.15, 0.2) is 5.13 Å². The molecule has 0 aliphatic carbocycles. The van der Waals surface area contributed by atoms with E-state index in [1.54, 1.807) is 0 Å². The predicted molar refractivity (Wildman–Crippen MR) is 89.4 cm³/mol. The highest BCUT2D eigenvalue weighted by atomic mass is 32.1. The summed E-state index contributed by atoms with van der Waals surface area (Å²) < 4.78 is 0. The first-order chi connectivity index (χ1) is 10.0. The van der Waals surface area contributed by atoms with Crippen molar-refractivity contribution in [2.45, 2.75) is 33.6 Å². The largest absolute Gasteiger partial charge is 0.389 e. The van der Waals surface area contributed by atoms with E-state index in [2.05, 4.69) is 29.4 Å². The van der Waals surface area contributed by atoms with Crippen molar-refractivity contribution in [2.24, 2.45) is 5.92 Å². The zero-order valence-corrected chi connectivity index (χ0v) is 13.5. The van der Waals surface area contributed by atoms with Crippen molar-refractivity contribution >= 4 is 27.4 Å². The van der Waals surface area contributed by atoms with E-state index < -0.39 is 0 Å². The number of nitrogens with two attached hydrogens (primary N) is 1. The number of nitrogen functional groups attached to an aromatic ring is 1. The van der Waals surface area contributed by atoms with Gasteiger partial charge < -0.3 is 11.1 Å². The molecular weight excluding hydrogens is 282 g/mol. The lowest BCUT2D eigenvalue weighted by Crippen LogP contribution is -2.17. The fourth-order valence-corrected chi connectivity index (χ4v) is 2.72. The molecule has 1 aromatic carbocycles. The SMILES string of the molecule is CCCc1ccc(-c2nc(NC(=O)C(C)C)sc2N)cc1. The second kappa shape index (κ2) is 6.72. The minimum absolute atomic E-state index is 0.0476. The van der Waals surface area contributed by atoms with Crippen LogP contribution in [0.25, 0.3) is 11.3 Å². The van der Waals surface area contributed by atoms with Gasteiger partial charge in [-0.3, -0.25) is 4.79 Å². The molecule has 0 bridgehead atoms. The highest BCUT2D eigenvalue weighted by molar-refractivity contribution is 7.20. The van der Waals surface area contributed by atoms with E-state index in [0.29, 0.717) is 10.1 Å². The number of carbonyl (C=O) groups excluding carboxylic acids is 1. The highest BCUT2D eigenvalue weighted by Crippen LogP contribution is 2.33. The number of aromatic nitrogens is 1. The first-order valence-corrected chi connectivity index (χ1v) is 7.99. The van der Waals surface area contributed by atoms with E-state index in [0.717, 1.165) is 24.1 Å². The first kappa shape index (κ1) is 15.5. The Balaban J connectivity index is 2.20. The van der Waals surface area contributed by atoms with Gasteiger partial charge in [-0.1, -0.05) is 62.8 Å². The summed E-state index contributed by atoms with van der Waals surface area (Å²) in [6.45, 7) is 5.86. The molecule has 21 heavy (non-hydrogen) atoms. The molecule has 1 amide bonds. The molecule has 4 nitrogen and oxygen atoms in total. The number of nitrogens with zero attached hydrogens (tertiary/aromatic N) is 1. The van der Waals surface area contributed by atoms with Crippen molar-refractivity contribution in [3.8, 4) is 11.3 Å². The summed E-state index contributed by atoms with van der Waals surface area (Å²) in [6, 6.07) is 8.27. The quantitative estimate of drug-likeness (QED) is 0.879. The number of hydrogen-bond acceptors (Lipinski definition) is 4. The zero-order chi connectivity index (χ0) is 15.4. The number of benzene rings is 1. The van der Waals surface area contributed by atoms with Crippen LogP contribution in [0.5, 0.6) is 0 Å². The maximum atomic E-state index is 11.7. The molecule has 1 heterocycles. The lowest BCUT2D eigenvalue weighted by molar-refractivity contribution is -0.118. The Morgan fingerprint density at radius 1 is 1.33 bits per heavy atom. The fraction of sp³-hybridized carbons (Fsp3) is 0.375. The van der Waals surface area contributed by atoms with Crippen LogP contribution in [0.3, 0.4) is 0 Å². The average Bonchev–Trinajstić information content (AvgIpc) is 2.80. The Labute approximate surface area is 129 Å².